The van der Waals surface area contributed by atoms with Crippen molar-refractivity contribution in [2.45, 2.75) is 122 Å². The third kappa shape index (κ3) is 20.3. The van der Waals surface area contributed by atoms with Gasteiger partial charge >= 0.3 is 10.2 Å². The van der Waals surface area contributed by atoms with E-state index in [0.29, 0.717) is 92.0 Å². The maximum Gasteiger partial charge on any atom is 0.331 e. The van der Waals surface area contributed by atoms with E-state index in [1.807, 2.05) is 115 Å². The summed E-state index contributed by atoms with van der Waals surface area (Å²) in [6.07, 6.45) is 3.04. The van der Waals surface area contributed by atoms with Gasteiger partial charge in [-0.3, -0.25) is 8.61 Å². The van der Waals surface area contributed by atoms with Gasteiger partial charge in [0.25, 0.3) is 0 Å². The van der Waals surface area contributed by atoms with Crippen LogP contribution in [0.2, 0.25) is 0 Å². The van der Waals surface area contributed by atoms with Crippen LogP contribution in [0.5, 0.6) is 0 Å². The van der Waals surface area contributed by atoms with Gasteiger partial charge in [0, 0.05) is 26.1 Å². The highest BCUT2D eigenvalue weighted by Crippen LogP contribution is 2.47. The number of fused-ring (bicyclic) bond motifs is 2. The zero-order valence-electron chi connectivity index (χ0n) is 57.7. The first-order valence-corrected chi connectivity index (χ1v) is 35.7. The maximum atomic E-state index is 14.4. The van der Waals surface area contributed by atoms with Crippen LogP contribution in [0.15, 0.2) is 194 Å². The Labute approximate surface area is 602 Å². The van der Waals surface area contributed by atoms with Gasteiger partial charge in [0.15, 0.2) is 23.7 Å². The van der Waals surface area contributed by atoms with Gasteiger partial charge in [0.2, 0.25) is 11.2 Å². The molecule has 2 unspecified atom stereocenters. The zero-order valence-corrected chi connectivity index (χ0v) is 60.2. The quantitative estimate of drug-likeness (QED) is 0.0357. The summed E-state index contributed by atoms with van der Waals surface area (Å²) in [5, 5.41) is 9.45. The lowest BCUT2D eigenvalue weighted by atomic mass is 10.2. The Morgan fingerprint density at radius 3 is 1.43 bits per heavy atom. The molecule has 4 saturated heterocycles. The van der Waals surface area contributed by atoms with E-state index in [-0.39, 0.29) is 67.0 Å². The fraction of sp³-hybridized carbons (Fsp3) is 0.347. The second-order valence-electron chi connectivity index (χ2n) is 25.4. The summed E-state index contributed by atoms with van der Waals surface area (Å²) in [5.41, 5.74) is 12.5. The highest BCUT2D eigenvalue weighted by Gasteiger charge is 2.44. The van der Waals surface area contributed by atoms with E-state index >= 15 is 0 Å². The first-order valence-electron chi connectivity index (χ1n) is 33.3. The van der Waals surface area contributed by atoms with Crippen LogP contribution in [0.1, 0.15) is 74.1 Å². The van der Waals surface area contributed by atoms with Crippen molar-refractivity contribution in [1.29, 1.82) is 0 Å². The van der Waals surface area contributed by atoms with E-state index < -0.39 is 50.4 Å². The smallest absolute Gasteiger partial charge is 0.331 e. The molecule has 0 amide bonds. The Balaban J connectivity index is 0.000000153. The molecule has 0 aromatic heterocycles. The van der Waals surface area contributed by atoms with Crippen molar-refractivity contribution in [3.05, 3.63) is 217 Å². The number of hydrogen-bond acceptors (Lipinski definition) is 16. The second kappa shape index (κ2) is 35.2. The molecule has 546 valence electrons. The van der Waals surface area contributed by atoms with Crippen molar-refractivity contribution in [3.8, 4) is 0 Å². The van der Waals surface area contributed by atoms with Crippen molar-refractivity contribution < 1.29 is 72.9 Å². The number of nitrogens with two attached hydrogens (primary N) is 1. The van der Waals surface area contributed by atoms with Crippen LogP contribution in [0.25, 0.3) is 0 Å². The molecule has 0 radical (unpaired) electrons. The van der Waals surface area contributed by atoms with Crippen LogP contribution in [-0.4, -0.2) is 113 Å². The molecule has 0 bridgehead atoms. The fourth-order valence-corrected chi connectivity index (χ4v) is 14.8. The van der Waals surface area contributed by atoms with Crippen molar-refractivity contribution >= 4 is 108 Å². The molecule has 0 spiro atoms. The molecule has 14 rings (SSSR count). The standard InChI is InChI=1S/C19H21FN2O4S.C19H21FN2O3S.C18H21FN2O2.C12H11FN2.C7H12O3.ClH/c1-19(2)25-13-14(26-19)11-12-21-17-9-5-6-10-18(17)22(27(21,23)24)16-8-4-3-7-15(16)20;1-19(2)24-13-14(25-19)11-12-21-17-9-5-6-10-18(17)22(26(21)23)16-8-4-3-7-15(16)20;1-13-22-12-14(23-13)10-11-20-17-8-4-5-9-18(17)21-16-7-3-2-6-15(16)19;13-9-5-1-3-7-11(9)15-12-8-4-2-6-10(12)14;1-7(2)9-5-6(10-7)3-4-8;/h3-10,14H,11-13H2,1-2H3;3-10,14H,11-13H2,1-2H3;2-9,13-14,20-21H,10-12H2,1H3;1-8,15H,14H2;4,6H,3,5H2,1-2H3;1H/t14-;14-,26?;13?,14-;;6-;/m000.0./s1. The number of nitrogens with one attached hydrogen (secondary N) is 3. The number of hydrogen-bond donors (Lipinski definition) is 4. The zero-order chi connectivity index (χ0) is 71.9. The minimum absolute atomic E-state index is 0. The van der Waals surface area contributed by atoms with E-state index in [4.69, 9.17) is 43.6 Å². The van der Waals surface area contributed by atoms with Crippen LogP contribution in [0.4, 0.5) is 85.8 Å². The molecule has 5 N–H and O–H groups in total. The molecule has 20 nitrogen and oxygen atoms in total. The Hall–Kier alpha value is -8.38. The molecular weight excluding hydrogens is 1380 g/mol. The third-order valence-corrected chi connectivity index (χ3v) is 19.7. The number of nitrogens with zero attached hydrogens (tertiary/aromatic N) is 4. The number of carbonyl (C=O) groups excluding carboxylic acids is 1. The third-order valence-electron chi connectivity index (χ3n) is 16.5. The number of halogens is 5. The highest BCUT2D eigenvalue weighted by molar-refractivity contribution is 7.95. The molecule has 0 aliphatic carbocycles. The number of benzene rings is 8. The van der Waals surface area contributed by atoms with Gasteiger partial charge in [-0.25, -0.2) is 30.4 Å². The Morgan fingerprint density at radius 2 is 0.931 bits per heavy atom. The minimum atomic E-state index is -3.95. The summed E-state index contributed by atoms with van der Waals surface area (Å²) >= 11 is -1.55. The number of aldehydes is 1. The Bertz CT molecular complexity index is 4190. The van der Waals surface area contributed by atoms with Gasteiger partial charge in [0.1, 0.15) is 29.6 Å². The summed E-state index contributed by atoms with van der Waals surface area (Å²) < 4.78 is 145. The SMILES string of the molecule is CC1(C)OC[C@H](CC=O)O1.CC1(C)OC[C@H](CCN2c3ccccc3N(c3ccccc3F)S2(=O)=O)O1.CC1(C)OC[C@H](CCN2c3ccccc3N(c3ccccc3F)S2=O)O1.CC1OC[C@H](CCNc2ccccc2Nc2ccccc2F)O1.Cl.Nc1ccccc1Nc1ccccc1F. The molecule has 4 fully saturated rings. The van der Waals surface area contributed by atoms with Crippen molar-refractivity contribution in [2.24, 2.45) is 0 Å². The first-order chi connectivity index (χ1) is 48.4. The van der Waals surface area contributed by atoms with E-state index in [9.17, 15) is 35.0 Å². The molecule has 0 saturated carbocycles. The summed E-state index contributed by atoms with van der Waals surface area (Å²) in [5.74, 6) is -3.28. The highest BCUT2D eigenvalue weighted by atomic mass is 35.5. The normalized spacial score (nSPS) is 21.2. The van der Waals surface area contributed by atoms with Crippen LogP contribution in [0.3, 0.4) is 0 Å². The van der Waals surface area contributed by atoms with E-state index in [1.54, 1.807) is 99.6 Å². The largest absolute Gasteiger partial charge is 0.397 e. The minimum Gasteiger partial charge on any atom is -0.397 e. The number of rotatable bonds is 18. The monoisotopic (exact) mass is 1470 g/mol. The number of para-hydroxylation sites is 12. The van der Waals surface area contributed by atoms with Crippen molar-refractivity contribution in [1.82, 2.24) is 0 Å². The molecule has 6 atom stereocenters. The molecule has 8 aromatic carbocycles. The van der Waals surface area contributed by atoms with Crippen LogP contribution < -0.4 is 38.9 Å². The van der Waals surface area contributed by atoms with E-state index in [0.717, 1.165) is 46.3 Å². The molecule has 27 heteroatoms. The Kier molecular flexibility index (Phi) is 26.8. The molecular formula is C75H87ClF4N8O12S2. The topological polar surface area (TPSA) is 217 Å². The second-order valence-corrected chi connectivity index (χ2v) is 28.4. The lowest BCUT2D eigenvalue weighted by Gasteiger charge is -2.23. The van der Waals surface area contributed by atoms with Crippen LogP contribution in [-0.2, 0) is 64.1 Å². The summed E-state index contributed by atoms with van der Waals surface area (Å²) in [4.78, 5) is 10.0. The predicted molar refractivity (Wildman–Crippen MR) is 394 cm³/mol. The molecule has 6 aliphatic rings. The molecule has 6 heterocycles. The number of nitrogen functional groups attached to an aromatic ring is 1. The van der Waals surface area contributed by atoms with Gasteiger partial charge in [0.05, 0.1) is 119 Å². The van der Waals surface area contributed by atoms with Crippen molar-refractivity contribution in [3.63, 3.8) is 0 Å². The van der Waals surface area contributed by atoms with Gasteiger partial charge in [-0.2, -0.15) is 8.42 Å². The van der Waals surface area contributed by atoms with E-state index in [2.05, 4.69) is 16.0 Å². The molecule has 102 heavy (non-hydrogen) atoms. The maximum absolute atomic E-state index is 14.4. The summed E-state index contributed by atoms with van der Waals surface area (Å²) in [6, 6.07) is 54.8. The first kappa shape index (κ1) is 77.8. The number of carbonyl (C=O) groups is 1. The van der Waals surface area contributed by atoms with E-state index in [1.165, 1.54) is 40.7 Å². The lowest BCUT2D eigenvalue weighted by molar-refractivity contribution is -0.140. The lowest BCUT2D eigenvalue weighted by Crippen LogP contribution is -2.37. The van der Waals surface area contributed by atoms with Gasteiger partial charge in [-0.1, -0.05) is 97.1 Å². The summed E-state index contributed by atoms with van der Waals surface area (Å²) in [7, 11) is -3.95. The number of anilines is 12. The van der Waals surface area contributed by atoms with Crippen molar-refractivity contribution in [2.75, 3.05) is 85.0 Å². The van der Waals surface area contributed by atoms with Crippen LogP contribution >= 0.6 is 12.4 Å². The van der Waals surface area contributed by atoms with Crippen LogP contribution in [0, 0.1) is 23.3 Å². The molecule has 6 aliphatic heterocycles. The fourth-order valence-electron chi connectivity index (χ4n) is 11.6. The van der Waals surface area contributed by atoms with Gasteiger partial charge in [-0.15, -0.1) is 12.4 Å². The predicted octanol–water partition coefficient (Wildman–Crippen LogP) is 15.9. The Morgan fingerprint density at radius 1 is 0.500 bits per heavy atom. The molecule has 8 aromatic rings. The number of ether oxygens (including phenoxy) is 8. The van der Waals surface area contributed by atoms with Gasteiger partial charge < -0.3 is 64.4 Å². The average Bonchev–Trinajstić information content (AvgIpc) is 1.62. The van der Waals surface area contributed by atoms with Gasteiger partial charge in [-0.05, 0) is 165 Å². The summed E-state index contributed by atoms with van der Waals surface area (Å²) in [6.45, 7) is 16.6. The average molecular weight is 1470 g/mol.